The van der Waals surface area contributed by atoms with E-state index in [9.17, 15) is 43.2 Å². The summed E-state index contributed by atoms with van der Waals surface area (Å²) in [6.45, 7) is 7.40. The molecule has 3 N–H and O–H groups in total. The fraction of sp³-hybridized carbons (Fsp3) is 0.955. The van der Waals surface area contributed by atoms with Crippen LogP contribution in [-0.4, -0.2) is 96.7 Å². The summed E-state index contributed by atoms with van der Waals surface area (Å²) in [5.41, 5.74) is 0. The van der Waals surface area contributed by atoms with Gasteiger partial charge in [-0.05, 0) is 31.6 Å². The molecule has 0 bridgehead atoms. The van der Waals surface area contributed by atoms with Gasteiger partial charge in [-0.15, -0.1) is 0 Å². The molecule has 0 amide bonds. The number of aliphatic hydroxyl groups is 1. The predicted molar refractivity (Wildman–Crippen MR) is 442 cm³/mol. The Morgan fingerprint density at radius 1 is 0.252 bits per heavy atom. The number of carbonyl (C=O) groups excluding carboxylic acids is 4. The van der Waals surface area contributed by atoms with Gasteiger partial charge >= 0.3 is 39.5 Å². The van der Waals surface area contributed by atoms with Gasteiger partial charge in [-0.25, -0.2) is 9.13 Å². The van der Waals surface area contributed by atoms with Crippen LogP contribution < -0.4 is 0 Å². The van der Waals surface area contributed by atoms with Crippen LogP contribution in [-0.2, 0) is 65.4 Å². The Hall–Kier alpha value is -1.94. The number of aliphatic hydroxyl groups excluding tert-OH is 1. The molecule has 0 saturated heterocycles. The number of hydrogen-bond donors (Lipinski definition) is 3. The van der Waals surface area contributed by atoms with Crippen LogP contribution in [0.1, 0.15) is 478 Å². The average molecular weight is 1560 g/mol. The van der Waals surface area contributed by atoms with E-state index in [1.165, 1.54) is 302 Å². The Bertz CT molecular complexity index is 2030. The first kappa shape index (κ1) is 105. The first-order valence-corrected chi connectivity index (χ1v) is 48.6. The maximum Gasteiger partial charge on any atom is 0.472 e. The van der Waals surface area contributed by atoms with Gasteiger partial charge in [-0.2, -0.15) is 0 Å². The maximum absolute atomic E-state index is 13.2. The normalized spacial score (nSPS) is 13.7. The van der Waals surface area contributed by atoms with Crippen LogP contribution in [0.15, 0.2) is 0 Å². The summed E-state index contributed by atoms with van der Waals surface area (Å²) in [5.74, 6) is -1.29. The zero-order valence-corrected chi connectivity index (χ0v) is 72.1. The quantitative estimate of drug-likeness (QED) is 0.0222. The third kappa shape index (κ3) is 81.9. The molecule has 5 atom stereocenters. The number of phosphoric ester groups is 2. The number of esters is 4. The number of ether oxygens (including phenoxy) is 4. The van der Waals surface area contributed by atoms with Crippen molar-refractivity contribution >= 4 is 39.5 Å². The van der Waals surface area contributed by atoms with Gasteiger partial charge < -0.3 is 33.8 Å². The second kappa shape index (κ2) is 80.7. The number of unbranched alkanes of at least 4 members (excludes halogenated alkanes) is 60. The van der Waals surface area contributed by atoms with Gasteiger partial charge in [0, 0.05) is 25.7 Å². The van der Waals surface area contributed by atoms with Crippen molar-refractivity contribution in [2.45, 2.75) is 496 Å². The van der Waals surface area contributed by atoms with Crippen molar-refractivity contribution < 1.29 is 80.2 Å². The fourth-order valence-corrected chi connectivity index (χ4v) is 15.4. The molecule has 0 saturated carbocycles. The van der Waals surface area contributed by atoms with Crippen molar-refractivity contribution in [3.05, 3.63) is 0 Å². The molecule has 17 nitrogen and oxygen atoms in total. The standard InChI is InChI=1S/C88H172O17P2/c1-6-9-12-15-18-21-24-26-28-30-31-32-33-34-36-40-45-49-54-59-64-69-74-88(93)105-84(78-99-86(91)72-67-62-57-52-47-43-41-37-38-42-46-50-55-60-65-70-81(4)5)80-103-107(96,97)101-76-82(89)75-100-106(94,95)102-79-83(77-98-85(90)71-66-61-56-51-23-20-17-14-11-8-3)104-87(92)73-68-63-58-53-48-44-39-35-29-27-25-22-19-16-13-10-7-2/h81-84,89H,6-80H2,1-5H3,(H,94,95)(H,96,97)/t82-,83+,84+/m0/s1. The summed E-state index contributed by atoms with van der Waals surface area (Å²) in [7, 11) is -9.93. The molecule has 636 valence electrons. The minimum absolute atomic E-state index is 0.109. The van der Waals surface area contributed by atoms with E-state index in [1.807, 2.05) is 0 Å². The fourth-order valence-electron chi connectivity index (χ4n) is 13.8. The molecule has 0 aliphatic rings. The Kier molecular flexibility index (Phi) is 79.2. The van der Waals surface area contributed by atoms with Gasteiger partial charge in [0.25, 0.3) is 0 Å². The third-order valence-electron chi connectivity index (χ3n) is 20.8. The molecule has 2 unspecified atom stereocenters. The Morgan fingerprint density at radius 3 is 0.636 bits per heavy atom. The molecule has 0 heterocycles. The first-order chi connectivity index (χ1) is 52.0. The van der Waals surface area contributed by atoms with Crippen LogP contribution in [0.3, 0.4) is 0 Å². The zero-order valence-electron chi connectivity index (χ0n) is 70.3. The molecule has 19 heteroatoms. The van der Waals surface area contributed by atoms with Gasteiger partial charge in [0.15, 0.2) is 12.2 Å². The van der Waals surface area contributed by atoms with Crippen LogP contribution in [0.25, 0.3) is 0 Å². The average Bonchev–Trinajstić information content (AvgIpc) is 0.906. The predicted octanol–water partition coefficient (Wildman–Crippen LogP) is 27.2. The number of hydrogen-bond acceptors (Lipinski definition) is 15. The minimum atomic E-state index is -4.97. The topological polar surface area (TPSA) is 237 Å². The molecule has 107 heavy (non-hydrogen) atoms. The lowest BCUT2D eigenvalue weighted by molar-refractivity contribution is -0.161. The molecule has 0 fully saturated rings. The molecular weight excluding hydrogens is 1390 g/mol. The molecule has 0 aliphatic heterocycles. The van der Waals surface area contributed by atoms with E-state index in [-0.39, 0.29) is 25.7 Å². The highest BCUT2D eigenvalue weighted by Crippen LogP contribution is 2.45. The molecule has 0 aromatic heterocycles. The largest absolute Gasteiger partial charge is 0.472 e. The Morgan fingerprint density at radius 2 is 0.430 bits per heavy atom. The van der Waals surface area contributed by atoms with Crippen molar-refractivity contribution in [3.8, 4) is 0 Å². The van der Waals surface area contributed by atoms with Gasteiger partial charge in [-0.1, -0.05) is 426 Å². The van der Waals surface area contributed by atoms with E-state index < -0.39 is 97.5 Å². The van der Waals surface area contributed by atoms with E-state index >= 15 is 0 Å². The molecule has 0 radical (unpaired) electrons. The summed E-state index contributed by atoms with van der Waals surface area (Å²) in [5, 5.41) is 10.7. The maximum atomic E-state index is 13.2. The monoisotopic (exact) mass is 1560 g/mol. The van der Waals surface area contributed by atoms with Gasteiger partial charge in [0.05, 0.1) is 26.4 Å². The smallest absolute Gasteiger partial charge is 0.462 e. The lowest BCUT2D eigenvalue weighted by Gasteiger charge is -2.21. The van der Waals surface area contributed by atoms with Crippen molar-refractivity contribution in [1.29, 1.82) is 0 Å². The lowest BCUT2D eigenvalue weighted by Crippen LogP contribution is -2.30. The van der Waals surface area contributed by atoms with Crippen LogP contribution in [0, 0.1) is 5.92 Å². The molecular formula is C88H172O17P2. The van der Waals surface area contributed by atoms with Crippen LogP contribution in [0.5, 0.6) is 0 Å². The van der Waals surface area contributed by atoms with Gasteiger partial charge in [-0.3, -0.25) is 37.3 Å². The molecule has 0 aromatic carbocycles. The summed E-state index contributed by atoms with van der Waals surface area (Å²) in [6, 6.07) is 0. The molecule has 0 rings (SSSR count). The number of rotatable bonds is 88. The summed E-state index contributed by atoms with van der Waals surface area (Å²) < 4.78 is 68.9. The second-order valence-corrected chi connectivity index (χ2v) is 35.0. The van der Waals surface area contributed by atoms with Crippen LogP contribution in [0.4, 0.5) is 0 Å². The van der Waals surface area contributed by atoms with Gasteiger partial charge in [0.1, 0.15) is 19.3 Å². The zero-order chi connectivity index (χ0) is 78.3. The first-order valence-electron chi connectivity index (χ1n) is 45.6. The molecule has 0 aliphatic carbocycles. The Balaban J connectivity index is 5.21. The van der Waals surface area contributed by atoms with E-state index in [0.29, 0.717) is 25.7 Å². The van der Waals surface area contributed by atoms with Crippen molar-refractivity contribution in [2.24, 2.45) is 5.92 Å². The highest BCUT2D eigenvalue weighted by atomic mass is 31.2. The third-order valence-corrected chi connectivity index (χ3v) is 22.7. The highest BCUT2D eigenvalue weighted by Gasteiger charge is 2.30. The highest BCUT2D eigenvalue weighted by molar-refractivity contribution is 7.47. The lowest BCUT2D eigenvalue weighted by atomic mass is 10.0. The van der Waals surface area contributed by atoms with E-state index in [0.717, 1.165) is 95.8 Å². The van der Waals surface area contributed by atoms with Crippen molar-refractivity contribution in [1.82, 2.24) is 0 Å². The Labute approximate surface area is 658 Å². The molecule has 0 spiro atoms. The minimum Gasteiger partial charge on any atom is -0.462 e. The SMILES string of the molecule is CCCCCCCCCCCCCCCCCCCCCCCCC(=O)O[C@H](COC(=O)CCCCCCCCCCCCCCCCCC(C)C)COP(=O)(O)OC[C@@H](O)COP(=O)(O)OC[C@@H](COC(=O)CCCCCCCCCCCC)OC(=O)CCCCCCCCCCCCCCCCCCC. The summed E-state index contributed by atoms with van der Waals surface area (Å²) >= 11 is 0. The van der Waals surface area contributed by atoms with E-state index in [1.54, 1.807) is 0 Å². The van der Waals surface area contributed by atoms with Crippen molar-refractivity contribution in [2.75, 3.05) is 39.6 Å². The second-order valence-electron chi connectivity index (χ2n) is 32.1. The van der Waals surface area contributed by atoms with Crippen molar-refractivity contribution in [3.63, 3.8) is 0 Å². The number of phosphoric acid groups is 2. The van der Waals surface area contributed by atoms with E-state index in [2.05, 4.69) is 34.6 Å². The number of carbonyl (C=O) groups is 4. The molecule has 0 aromatic rings. The summed E-state index contributed by atoms with van der Waals surface area (Å²) in [4.78, 5) is 73.3. The van der Waals surface area contributed by atoms with Crippen LogP contribution in [0.2, 0.25) is 0 Å². The van der Waals surface area contributed by atoms with Gasteiger partial charge in [0.2, 0.25) is 0 Å². The summed E-state index contributed by atoms with van der Waals surface area (Å²) in [6.07, 6.45) is 75.0. The van der Waals surface area contributed by atoms with E-state index in [4.69, 9.17) is 37.0 Å². The van der Waals surface area contributed by atoms with Crippen LogP contribution >= 0.6 is 15.6 Å².